The van der Waals surface area contributed by atoms with Crippen LogP contribution in [0, 0.1) is 0 Å². The third-order valence-corrected chi connectivity index (χ3v) is 3.75. The van der Waals surface area contributed by atoms with Crippen molar-refractivity contribution in [3.63, 3.8) is 0 Å². The molecule has 1 aliphatic rings. The van der Waals surface area contributed by atoms with E-state index in [4.69, 9.17) is 4.74 Å². The summed E-state index contributed by atoms with van der Waals surface area (Å²) in [5.41, 5.74) is 1.56. The SMILES string of the molecule is COC(=O)c1cccc(NCC2CCCCN2C)c1. The number of likely N-dealkylation sites (tertiary alicyclic amines) is 1. The second-order valence-electron chi connectivity index (χ2n) is 5.08. The predicted molar refractivity (Wildman–Crippen MR) is 76.5 cm³/mol. The highest BCUT2D eigenvalue weighted by Gasteiger charge is 2.18. The third kappa shape index (κ3) is 3.70. The molecule has 4 heteroatoms. The van der Waals surface area contributed by atoms with Crippen molar-refractivity contribution in [1.82, 2.24) is 4.90 Å². The van der Waals surface area contributed by atoms with Crippen LogP contribution in [0.15, 0.2) is 24.3 Å². The van der Waals surface area contributed by atoms with Crippen molar-refractivity contribution in [1.29, 1.82) is 0 Å². The fourth-order valence-corrected chi connectivity index (χ4v) is 2.51. The third-order valence-electron chi connectivity index (χ3n) is 3.75. The second-order valence-corrected chi connectivity index (χ2v) is 5.08. The highest BCUT2D eigenvalue weighted by Crippen LogP contribution is 2.17. The number of nitrogens with zero attached hydrogens (tertiary/aromatic N) is 1. The molecular weight excluding hydrogens is 240 g/mol. The molecule has 104 valence electrons. The maximum Gasteiger partial charge on any atom is 0.337 e. The van der Waals surface area contributed by atoms with Crippen LogP contribution < -0.4 is 5.32 Å². The molecule has 1 heterocycles. The molecule has 1 aromatic carbocycles. The summed E-state index contributed by atoms with van der Waals surface area (Å²) in [4.78, 5) is 13.9. The number of anilines is 1. The van der Waals surface area contributed by atoms with E-state index in [-0.39, 0.29) is 5.97 Å². The van der Waals surface area contributed by atoms with E-state index in [0.717, 1.165) is 12.2 Å². The van der Waals surface area contributed by atoms with Crippen LogP contribution in [0.2, 0.25) is 0 Å². The lowest BCUT2D eigenvalue weighted by molar-refractivity contribution is 0.0601. The van der Waals surface area contributed by atoms with E-state index in [2.05, 4.69) is 17.3 Å². The number of nitrogens with one attached hydrogen (secondary N) is 1. The first-order valence-electron chi connectivity index (χ1n) is 6.83. The summed E-state index contributed by atoms with van der Waals surface area (Å²) in [5, 5.41) is 3.41. The number of rotatable bonds is 4. The molecule has 0 aliphatic carbocycles. The number of piperidine rings is 1. The van der Waals surface area contributed by atoms with E-state index in [1.54, 1.807) is 6.07 Å². The van der Waals surface area contributed by atoms with E-state index < -0.39 is 0 Å². The van der Waals surface area contributed by atoms with E-state index in [0.29, 0.717) is 11.6 Å². The zero-order valence-electron chi connectivity index (χ0n) is 11.7. The van der Waals surface area contributed by atoms with Crippen molar-refractivity contribution in [2.45, 2.75) is 25.3 Å². The molecule has 1 N–H and O–H groups in total. The van der Waals surface area contributed by atoms with E-state index in [1.165, 1.54) is 32.9 Å². The van der Waals surface area contributed by atoms with Gasteiger partial charge in [-0.15, -0.1) is 0 Å². The van der Waals surface area contributed by atoms with Crippen LogP contribution in [0.5, 0.6) is 0 Å². The molecule has 0 radical (unpaired) electrons. The zero-order chi connectivity index (χ0) is 13.7. The number of carbonyl (C=O) groups excluding carboxylic acids is 1. The first-order chi connectivity index (χ1) is 9.20. The first-order valence-corrected chi connectivity index (χ1v) is 6.83. The van der Waals surface area contributed by atoms with E-state index in [1.807, 2.05) is 18.2 Å². The summed E-state index contributed by atoms with van der Waals surface area (Å²) < 4.78 is 4.73. The smallest absolute Gasteiger partial charge is 0.337 e. The maximum atomic E-state index is 11.5. The lowest BCUT2D eigenvalue weighted by atomic mass is 10.0. The lowest BCUT2D eigenvalue weighted by Crippen LogP contribution is -2.40. The molecular formula is C15H22N2O2. The van der Waals surface area contributed by atoms with Gasteiger partial charge in [-0.2, -0.15) is 0 Å². The molecule has 1 aromatic rings. The van der Waals surface area contributed by atoms with Gasteiger partial charge in [-0.25, -0.2) is 4.79 Å². The largest absolute Gasteiger partial charge is 0.465 e. The Morgan fingerprint density at radius 2 is 2.32 bits per heavy atom. The van der Waals surface area contributed by atoms with Gasteiger partial charge >= 0.3 is 5.97 Å². The summed E-state index contributed by atoms with van der Waals surface area (Å²) in [6, 6.07) is 8.04. The number of carbonyl (C=O) groups is 1. The summed E-state index contributed by atoms with van der Waals surface area (Å²) in [5.74, 6) is -0.293. The number of methoxy groups -OCH3 is 1. The van der Waals surface area contributed by atoms with Gasteiger partial charge in [-0.1, -0.05) is 12.5 Å². The van der Waals surface area contributed by atoms with Crippen LogP contribution in [-0.2, 0) is 4.74 Å². The predicted octanol–water partition coefficient (Wildman–Crippen LogP) is 2.37. The standard InChI is InChI=1S/C15H22N2O2/c1-17-9-4-3-8-14(17)11-16-13-7-5-6-12(10-13)15(18)19-2/h5-7,10,14,16H,3-4,8-9,11H2,1-2H3. The second kappa shape index (κ2) is 6.57. The van der Waals surface area contributed by atoms with Crippen molar-refractivity contribution in [3.8, 4) is 0 Å². The van der Waals surface area contributed by atoms with E-state index in [9.17, 15) is 4.79 Å². The molecule has 2 rings (SSSR count). The summed E-state index contributed by atoms with van der Waals surface area (Å²) in [7, 11) is 3.58. The number of ether oxygens (including phenoxy) is 1. The molecule has 0 saturated carbocycles. The van der Waals surface area contributed by atoms with Crippen LogP contribution in [0.1, 0.15) is 29.6 Å². The topological polar surface area (TPSA) is 41.6 Å². The number of likely N-dealkylation sites (N-methyl/N-ethyl adjacent to an activating group) is 1. The Hall–Kier alpha value is -1.55. The molecule has 1 atom stereocenters. The maximum absolute atomic E-state index is 11.5. The molecule has 0 bridgehead atoms. The molecule has 1 saturated heterocycles. The molecule has 0 aromatic heterocycles. The Morgan fingerprint density at radius 3 is 3.05 bits per heavy atom. The summed E-state index contributed by atoms with van der Waals surface area (Å²) >= 11 is 0. The number of esters is 1. The molecule has 0 amide bonds. The molecule has 1 unspecified atom stereocenters. The monoisotopic (exact) mass is 262 g/mol. The van der Waals surface area contributed by atoms with Gasteiger partial charge < -0.3 is 15.0 Å². The van der Waals surface area contributed by atoms with Gasteiger partial charge in [0, 0.05) is 18.3 Å². The van der Waals surface area contributed by atoms with Gasteiger partial charge in [0.1, 0.15) is 0 Å². The molecule has 1 aliphatic heterocycles. The van der Waals surface area contributed by atoms with Gasteiger partial charge in [-0.05, 0) is 44.6 Å². The van der Waals surface area contributed by atoms with Gasteiger partial charge in [-0.3, -0.25) is 0 Å². The van der Waals surface area contributed by atoms with Crippen molar-refractivity contribution >= 4 is 11.7 Å². The Morgan fingerprint density at radius 1 is 1.47 bits per heavy atom. The van der Waals surface area contributed by atoms with E-state index >= 15 is 0 Å². The fourth-order valence-electron chi connectivity index (χ4n) is 2.51. The normalized spacial score (nSPS) is 20.0. The Labute approximate surface area is 114 Å². The average molecular weight is 262 g/mol. The number of hydrogen-bond donors (Lipinski definition) is 1. The Balaban J connectivity index is 1.93. The van der Waals surface area contributed by atoms with Gasteiger partial charge in [0.2, 0.25) is 0 Å². The average Bonchev–Trinajstić information content (AvgIpc) is 2.46. The minimum Gasteiger partial charge on any atom is -0.465 e. The molecule has 0 spiro atoms. The van der Waals surface area contributed by atoms with Crippen molar-refractivity contribution in [2.75, 3.05) is 32.6 Å². The summed E-state index contributed by atoms with van der Waals surface area (Å²) in [6.45, 7) is 2.09. The van der Waals surface area contributed by atoms with Crippen LogP contribution in [0.4, 0.5) is 5.69 Å². The van der Waals surface area contributed by atoms with Crippen LogP contribution in [0.3, 0.4) is 0 Å². The molecule has 4 nitrogen and oxygen atoms in total. The molecule has 1 fully saturated rings. The highest BCUT2D eigenvalue weighted by molar-refractivity contribution is 5.90. The summed E-state index contributed by atoms with van der Waals surface area (Å²) in [6.07, 6.45) is 3.84. The van der Waals surface area contributed by atoms with Gasteiger partial charge in [0.05, 0.1) is 12.7 Å². The number of benzene rings is 1. The van der Waals surface area contributed by atoms with Crippen molar-refractivity contribution in [2.24, 2.45) is 0 Å². The van der Waals surface area contributed by atoms with Crippen molar-refractivity contribution in [3.05, 3.63) is 29.8 Å². The van der Waals surface area contributed by atoms with Crippen molar-refractivity contribution < 1.29 is 9.53 Å². The minimum atomic E-state index is -0.293. The minimum absolute atomic E-state index is 0.293. The van der Waals surface area contributed by atoms with Crippen LogP contribution in [-0.4, -0.2) is 44.2 Å². The first kappa shape index (κ1) is 13.9. The number of hydrogen-bond acceptors (Lipinski definition) is 4. The van der Waals surface area contributed by atoms with Gasteiger partial charge in [0.15, 0.2) is 0 Å². The van der Waals surface area contributed by atoms with Gasteiger partial charge in [0.25, 0.3) is 0 Å². The van der Waals surface area contributed by atoms with Crippen LogP contribution >= 0.6 is 0 Å². The quantitative estimate of drug-likeness (QED) is 0.846. The fraction of sp³-hybridized carbons (Fsp3) is 0.533. The Bertz CT molecular complexity index is 434. The lowest BCUT2D eigenvalue weighted by Gasteiger charge is -2.32. The zero-order valence-corrected chi connectivity index (χ0v) is 11.7. The Kier molecular flexibility index (Phi) is 4.80. The highest BCUT2D eigenvalue weighted by atomic mass is 16.5. The molecule has 19 heavy (non-hydrogen) atoms. The van der Waals surface area contributed by atoms with Crippen LogP contribution in [0.25, 0.3) is 0 Å².